The summed E-state index contributed by atoms with van der Waals surface area (Å²) in [6.07, 6.45) is 0.930. The molecule has 130 valence electrons. The van der Waals surface area contributed by atoms with Gasteiger partial charge in [0.05, 0.1) is 5.92 Å². The van der Waals surface area contributed by atoms with Gasteiger partial charge in [-0.05, 0) is 37.1 Å². The fraction of sp³-hybridized carbons (Fsp3) is 0.300. The molecule has 0 radical (unpaired) electrons. The molecule has 1 heterocycles. The zero-order valence-electron chi connectivity index (χ0n) is 14.2. The molecular weight excluding hydrogens is 336 g/mol. The Kier molecular flexibility index (Phi) is 5.39. The minimum atomic E-state index is -0.306. The number of nitrogens with one attached hydrogen (secondary N) is 1. The molecule has 0 aromatic heterocycles. The van der Waals surface area contributed by atoms with Crippen LogP contribution in [0.15, 0.2) is 48.5 Å². The molecule has 2 amide bonds. The number of halogens is 1. The first kappa shape index (κ1) is 17.5. The van der Waals surface area contributed by atoms with Gasteiger partial charge in [-0.25, -0.2) is 0 Å². The van der Waals surface area contributed by atoms with E-state index < -0.39 is 0 Å². The molecule has 2 aromatic rings. The molecule has 1 N–H and O–H groups in total. The first-order valence-corrected chi connectivity index (χ1v) is 8.80. The Bertz CT molecular complexity index is 774. The molecule has 5 heteroatoms. The maximum atomic E-state index is 12.4. The van der Waals surface area contributed by atoms with Gasteiger partial charge in [-0.15, -0.1) is 0 Å². The predicted molar refractivity (Wildman–Crippen MR) is 99.8 cm³/mol. The van der Waals surface area contributed by atoms with E-state index in [0.717, 1.165) is 16.8 Å². The van der Waals surface area contributed by atoms with Crippen molar-refractivity contribution in [2.24, 2.45) is 5.92 Å². The highest BCUT2D eigenvalue weighted by Gasteiger charge is 2.34. The monoisotopic (exact) mass is 356 g/mol. The summed E-state index contributed by atoms with van der Waals surface area (Å²) < 4.78 is 0. The van der Waals surface area contributed by atoms with Gasteiger partial charge >= 0.3 is 0 Å². The minimum absolute atomic E-state index is 0.00453. The number of carbonyl (C=O) groups is 2. The van der Waals surface area contributed by atoms with Crippen molar-refractivity contribution in [3.63, 3.8) is 0 Å². The van der Waals surface area contributed by atoms with Crippen LogP contribution in [-0.4, -0.2) is 24.9 Å². The molecule has 0 bridgehead atoms. The summed E-state index contributed by atoms with van der Waals surface area (Å²) in [4.78, 5) is 26.3. The fourth-order valence-corrected chi connectivity index (χ4v) is 3.25. The molecule has 0 spiro atoms. The van der Waals surface area contributed by atoms with Crippen LogP contribution in [0.2, 0.25) is 5.02 Å². The summed E-state index contributed by atoms with van der Waals surface area (Å²) in [7, 11) is 0. The number of anilines is 1. The summed E-state index contributed by atoms with van der Waals surface area (Å²) in [5, 5.41) is 3.63. The van der Waals surface area contributed by atoms with E-state index in [1.807, 2.05) is 55.5 Å². The van der Waals surface area contributed by atoms with Crippen molar-refractivity contribution in [3.05, 3.63) is 64.7 Å². The maximum Gasteiger partial charge on any atom is 0.227 e. The largest absolute Gasteiger partial charge is 0.355 e. The Labute approximate surface area is 152 Å². The number of rotatable bonds is 5. The highest BCUT2D eigenvalue weighted by atomic mass is 35.5. The Morgan fingerprint density at radius 3 is 2.64 bits per heavy atom. The Morgan fingerprint density at radius 2 is 1.92 bits per heavy atom. The molecule has 25 heavy (non-hydrogen) atoms. The Morgan fingerprint density at radius 1 is 1.20 bits per heavy atom. The van der Waals surface area contributed by atoms with E-state index in [2.05, 4.69) is 5.32 Å². The molecule has 4 nitrogen and oxygen atoms in total. The number of benzene rings is 2. The van der Waals surface area contributed by atoms with Crippen molar-refractivity contribution in [2.75, 3.05) is 18.0 Å². The van der Waals surface area contributed by atoms with Gasteiger partial charge in [-0.1, -0.05) is 47.5 Å². The first-order chi connectivity index (χ1) is 12.0. The summed E-state index contributed by atoms with van der Waals surface area (Å²) >= 11 is 6.12. The number of hydrogen-bond donors (Lipinski definition) is 1. The van der Waals surface area contributed by atoms with Crippen LogP contribution in [0.3, 0.4) is 0 Å². The molecule has 1 saturated heterocycles. The highest BCUT2D eigenvalue weighted by Crippen LogP contribution is 2.25. The van der Waals surface area contributed by atoms with Crippen LogP contribution in [0, 0.1) is 12.8 Å². The Balaban J connectivity index is 1.54. The first-order valence-electron chi connectivity index (χ1n) is 8.43. The van der Waals surface area contributed by atoms with Crippen LogP contribution in [0.25, 0.3) is 0 Å². The van der Waals surface area contributed by atoms with Crippen LogP contribution in [0.5, 0.6) is 0 Å². The molecule has 2 aromatic carbocycles. The lowest BCUT2D eigenvalue weighted by Gasteiger charge is -2.17. The SMILES string of the molecule is Cc1ccc(N2C[C@H](C(=O)NCCc3ccccc3Cl)CC2=O)cc1. The quantitative estimate of drug-likeness (QED) is 0.893. The third kappa shape index (κ3) is 4.20. The average molecular weight is 357 g/mol. The lowest BCUT2D eigenvalue weighted by Crippen LogP contribution is -2.34. The summed E-state index contributed by atoms with van der Waals surface area (Å²) in [6.45, 7) is 2.95. The normalized spacial score (nSPS) is 17.0. The minimum Gasteiger partial charge on any atom is -0.355 e. The molecule has 0 unspecified atom stereocenters. The fourth-order valence-electron chi connectivity index (χ4n) is 3.02. The van der Waals surface area contributed by atoms with Gasteiger partial charge in [0.15, 0.2) is 0 Å². The Hall–Kier alpha value is -2.33. The zero-order valence-corrected chi connectivity index (χ0v) is 14.9. The molecule has 0 aliphatic carbocycles. The van der Waals surface area contributed by atoms with Gasteiger partial charge in [0.2, 0.25) is 11.8 Å². The van der Waals surface area contributed by atoms with Gasteiger partial charge in [0.1, 0.15) is 0 Å². The summed E-state index contributed by atoms with van der Waals surface area (Å²) in [5.41, 5.74) is 3.00. The van der Waals surface area contributed by atoms with Crippen LogP contribution in [0.1, 0.15) is 17.5 Å². The average Bonchev–Trinajstić information content (AvgIpc) is 2.99. The van der Waals surface area contributed by atoms with Gasteiger partial charge in [-0.3, -0.25) is 9.59 Å². The van der Waals surface area contributed by atoms with Gasteiger partial charge in [0.25, 0.3) is 0 Å². The summed E-state index contributed by atoms with van der Waals surface area (Å²) in [5.74, 6) is -0.384. The predicted octanol–water partition coefficient (Wildman–Crippen LogP) is 3.36. The maximum absolute atomic E-state index is 12.4. The van der Waals surface area contributed by atoms with E-state index in [4.69, 9.17) is 11.6 Å². The van der Waals surface area contributed by atoms with Crippen molar-refractivity contribution in [1.82, 2.24) is 5.32 Å². The van der Waals surface area contributed by atoms with Crippen molar-refractivity contribution in [3.8, 4) is 0 Å². The number of amides is 2. The second kappa shape index (κ2) is 7.70. The van der Waals surface area contributed by atoms with Crippen molar-refractivity contribution >= 4 is 29.1 Å². The lowest BCUT2D eigenvalue weighted by molar-refractivity contribution is -0.126. The van der Waals surface area contributed by atoms with Gasteiger partial charge in [0, 0.05) is 30.2 Å². The van der Waals surface area contributed by atoms with Crippen LogP contribution in [-0.2, 0) is 16.0 Å². The molecular formula is C20H21ClN2O2. The van der Waals surface area contributed by atoms with Gasteiger partial charge in [-0.2, -0.15) is 0 Å². The second-order valence-electron chi connectivity index (χ2n) is 6.37. The second-order valence-corrected chi connectivity index (χ2v) is 6.78. The smallest absolute Gasteiger partial charge is 0.227 e. The molecule has 0 saturated carbocycles. The highest BCUT2D eigenvalue weighted by molar-refractivity contribution is 6.31. The third-order valence-electron chi connectivity index (χ3n) is 4.49. The van der Waals surface area contributed by atoms with E-state index in [1.165, 1.54) is 0 Å². The molecule has 1 fully saturated rings. The van der Waals surface area contributed by atoms with Gasteiger partial charge < -0.3 is 10.2 Å². The molecule has 1 aliphatic rings. The number of aryl methyl sites for hydroxylation is 1. The third-order valence-corrected chi connectivity index (χ3v) is 4.86. The van der Waals surface area contributed by atoms with Crippen molar-refractivity contribution < 1.29 is 9.59 Å². The number of nitrogens with zero attached hydrogens (tertiary/aromatic N) is 1. The zero-order chi connectivity index (χ0) is 17.8. The number of hydrogen-bond acceptors (Lipinski definition) is 2. The van der Waals surface area contributed by atoms with Crippen LogP contribution < -0.4 is 10.2 Å². The molecule has 1 atom stereocenters. The summed E-state index contributed by atoms with van der Waals surface area (Å²) in [6, 6.07) is 15.4. The van der Waals surface area contributed by atoms with Crippen molar-refractivity contribution in [1.29, 1.82) is 0 Å². The van der Waals surface area contributed by atoms with Crippen LogP contribution >= 0.6 is 11.6 Å². The van der Waals surface area contributed by atoms with Crippen molar-refractivity contribution in [2.45, 2.75) is 19.8 Å². The standard InChI is InChI=1S/C20H21ClN2O2/c1-14-6-8-17(9-7-14)23-13-16(12-19(23)24)20(25)22-11-10-15-4-2-3-5-18(15)21/h2-9,16H,10-13H2,1H3,(H,22,25)/t16-/m1/s1. The van der Waals surface area contributed by atoms with Crippen LogP contribution in [0.4, 0.5) is 5.69 Å². The van der Waals surface area contributed by atoms with E-state index in [9.17, 15) is 9.59 Å². The number of carbonyl (C=O) groups excluding carboxylic acids is 2. The van der Waals surface area contributed by atoms with E-state index in [-0.39, 0.29) is 24.2 Å². The van der Waals surface area contributed by atoms with E-state index >= 15 is 0 Å². The lowest BCUT2D eigenvalue weighted by atomic mass is 10.1. The van der Waals surface area contributed by atoms with E-state index in [0.29, 0.717) is 24.5 Å². The topological polar surface area (TPSA) is 49.4 Å². The molecule has 3 rings (SSSR count). The van der Waals surface area contributed by atoms with E-state index in [1.54, 1.807) is 4.90 Å². The molecule has 1 aliphatic heterocycles.